The highest BCUT2D eigenvalue weighted by Crippen LogP contribution is 2.66. The van der Waals surface area contributed by atoms with Crippen molar-refractivity contribution >= 4 is 5.78 Å². The van der Waals surface area contributed by atoms with E-state index in [1.165, 1.54) is 63.4 Å². The van der Waals surface area contributed by atoms with Crippen molar-refractivity contribution in [3.8, 4) is 5.75 Å². The molecule has 0 radical (unpaired) electrons. The maximum Gasteiger partial charge on any atom is 0.139 e. The lowest BCUT2D eigenvalue weighted by Crippen LogP contribution is -2.54. The van der Waals surface area contributed by atoms with Gasteiger partial charge in [0, 0.05) is 11.8 Å². The second kappa shape index (κ2) is 6.89. The molecule has 0 aliphatic heterocycles. The molecule has 2 nitrogen and oxygen atoms in total. The molecule has 4 aliphatic rings. The summed E-state index contributed by atoms with van der Waals surface area (Å²) >= 11 is 0. The molecule has 1 aromatic carbocycles. The Morgan fingerprint density at radius 1 is 0.964 bits per heavy atom. The van der Waals surface area contributed by atoms with Crippen molar-refractivity contribution in [3.05, 3.63) is 29.8 Å². The molecule has 0 heterocycles. The Morgan fingerprint density at radius 2 is 1.79 bits per heavy atom. The van der Waals surface area contributed by atoms with Crippen molar-refractivity contribution in [2.24, 2.45) is 34.5 Å². The Balaban J connectivity index is 1.48. The van der Waals surface area contributed by atoms with Gasteiger partial charge in [-0.25, -0.2) is 0 Å². The van der Waals surface area contributed by atoms with Crippen LogP contribution in [-0.2, 0) is 11.2 Å². The lowest BCUT2D eigenvalue weighted by atomic mass is 9.44. The minimum absolute atomic E-state index is 0.00394. The van der Waals surface area contributed by atoms with Crippen LogP contribution in [-0.4, -0.2) is 12.9 Å². The molecule has 5 rings (SSSR count). The van der Waals surface area contributed by atoms with Gasteiger partial charge >= 0.3 is 0 Å². The van der Waals surface area contributed by atoms with Gasteiger partial charge in [-0.2, -0.15) is 0 Å². The first kappa shape index (κ1) is 18.7. The molecule has 2 heteroatoms. The standard InChI is InChI=1S/C26H36O2/c1-25-16-14-23-21(22(25)12-13-24(25)27)11-8-19-5-3-4-15-26(19,23)17-18-6-9-20(28-2)10-7-18/h6-7,9-10,19,21-23H,3-5,8,11-17H2,1-2H3/t19?,21-,22-,23+,25-,26+/m0/s1. The van der Waals surface area contributed by atoms with Crippen molar-refractivity contribution in [1.82, 2.24) is 0 Å². The van der Waals surface area contributed by atoms with Gasteiger partial charge < -0.3 is 4.74 Å². The maximum atomic E-state index is 12.7. The monoisotopic (exact) mass is 380 g/mol. The quantitative estimate of drug-likeness (QED) is 0.622. The highest BCUT2D eigenvalue weighted by molar-refractivity contribution is 5.87. The highest BCUT2D eigenvalue weighted by Gasteiger charge is 2.60. The van der Waals surface area contributed by atoms with Crippen LogP contribution in [0, 0.1) is 34.5 Å². The molecule has 0 spiro atoms. The van der Waals surface area contributed by atoms with Crippen molar-refractivity contribution in [1.29, 1.82) is 0 Å². The molecule has 6 atom stereocenters. The summed E-state index contributed by atoms with van der Waals surface area (Å²) in [6, 6.07) is 8.87. The molecule has 4 saturated carbocycles. The summed E-state index contributed by atoms with van der Waals surface area (Å²) in [6.45, 7) is 2.31. The SMILES string of the molecule is COc1ccc(C[C@]23CCCCC2CC[C@@H]2[C@H]3CC[C@]3(C)C(=O)CC[C@@H]23)cc1. The second-order valence-electron chi connectivity index (χ2n) is 10.6. The summed E-state index contributed by atoms with van der Waals surface area (Å²) in [5.41, 5.74) is 1.97. The third kappa shape index (κ3) is 2.70. The van der Waals surface area contributed by atoms with Crippen LogP contribution >= 0.6 is 0 Å². The zero-order valence-corrected chi connectivity index (χ0v) is 17.7. The molecule has 1 aromatic rings. The molecule has 4 fully saturated rings. The number of ketones is 1. The smallest absolute Gasteiger partial charge is 0.139 e. The molecule has 0 N–H and O–H groups in total. The molecule has 0 bridgehead atoms. The Labute approximate surface area is 170 Å². The Kier molecular flexibility index (Phi) is 4.60. The van der Waals surface area contributed by atoms with Crippen LogP contribution in [0.5, 0.6) is 5.75 Å². The fourth-order valence-corrected chi connectivity index (χ4v) is 8.31. The molecule has 0 saturated heterocycles. The van der Waals surface area contributed by atoms with Gasteiger partial charge in [0.1, 0.15) is 11.5 Å². The van der Waals surface area contributed by atoms with E-state index in [1.54, 1.807) is 7.11 Å². The van der Waals surface area contributed by atoms with Gasteiger partial charge in [0.15, 0.2) is 0 Å². The average molecular weight is 381 g/mol. The van der Waals surface area contributed by atoms with Crippen LogP contribution < -0.4 is 4.74 Å². The number of hydrogen-bond donors (Lipinski definition) is 0. The Morgan fingerprint density at radius 3 is 2.57 bits per heavy atom. The number of methoxy groups -OCH3 is 1. The first-order valence-electron chi connectivity index (χ1n) is 11.7. The van der Waals surface area contributed by atoms with E-state index in [4.69, 9.17) is 4.74 Å². The van der Waals surface area contributed by atoms with E-state index in [0.29, 0.717) is 17.1 Å². The summed E-state index contributed by atoms with van der Waals surface area (Å²) in [5.74, 6) is 4.71. The predicted molar refractivity (Wildman–Crippen MR) is 112 cm³/mol. The van der Waals surface area contributed by atoms with Gasteiger partial charge in [-0.1, -0.05) is 31.9 Å². The molecule has 0 amide bonds. The first-order valence-corrected chi connectivity index (χ1v) is 11.7. The lowest BCUT2D eigenvalue weighted by Gasteiger charge is -2.61. The molecular weight excluding hydrogens is 344 g/mol. The number of fused-ring (bicyclic) bond motifs is 5. The topological polar surface area (TPSA) is 26.3 Å². The van der Waals surface area contributed by atoms with E-state index >= 15 is 0 Å². The lowest BCUT2D eigenvalue weighted by molar-refractivity contribution is -0.140. The fourth-order valence-electron chi connectivity index (χ4n) is 8.31. The molecule has 1 unspecified atom stereocenters. The zero-order chi connectivity index (χ0) is 19.4. The summed E-state index contributed by atoms with van der Waals surface area (Å²) < 4.78 is 5.39. The third-order valence-electron chi connectivity index (χ3n) is 9.68. The number of carbonyl (C=O) groups excluding carboxylic acids is 1. The summed E-state index contributed by atoms with van der Waals surface area (Å²) in [5, 5.41) is 0. The van der Waals surface area contributed by atoms with Gasteiger partial charge in [0.25, 0.3) is 0 Å². The molecule has 4 aliphatic carbocycles. The molecule has 28 heavy (non-hydrogen) atoms. The van der Waals surface area contributed by atoms with Crippen molar-refractivity contribution < 1.29 is 9.53 Å². The van der Waals surface area contributed by atoms with Gasteiger partial charge in [-0.15, -0.1) is 0 Å². The first-order chi connectivity index (χ1) is 13.6. The summed E-state index contributed by atoms with van der Waals surface area (Å²) in [4.78, 5) is 12.7. The summed E-state index contributed by atoms with van der Waals surface area (Å²) in [6.07, 6.45) is 14.1. The predicted octanol–water partition coefficient (Wildman–Crippen LogP) is 6.22. The molecule has 0 aromatic heterocycles. The van der Waals surface area contributed by atoms with Gasteiger partial charge in [-0.05, 0) is 98.1 Å². The van der Waals surface area contributed by atoms with Crippen LogP contribution in [0.4, 0.5) is 0 Å². The summed E-state index contributed by atoms with van der Waals surface area (Å²) in [7, 11) is 1.75. The van der Waals surface area contributed by atoms with Crippen LogP contribution in [0.15, 0.2) is 24.3 Å². The Bertz CT molecular complexity index is 737. The average Bonchev–Trinajstić information content (AvgIpc) is 3.03. The fraction of sp³-hybridized carbons (Fsp3) is 0.731. The maximum absolute atomic E-state index is 12.7. The number of hydrogen-bond acceptors (Lipinski definition) is 2. The largest absolute Gasteiger partial charge is 0.497 e. The molecular formula is C26H36O2. The minimum atomic E-state index is 0.00394. The minimum Gasteiger partial charge on any atom is -0.497 e. The van der Waals surface area contributed by atoms with E-state index in [0.717, 1.165) is 36.3 Å². The number of benzene rings is 1. The zero-order valence-electron chi connectivity index (χ0n) is 17.7. The van der Waals surface area contributed by atoms with Crippen LogP contribution in [0.25, 0.3) is 0 Å². The van der Waals surface area contributed by atoms with E-state index in [-0.39, 0.29) is 5.41 Å². The van der Waals surface area contributed by atoms with Gasteiger partial charge in [0.2, 0.25) is 0 Å². The van der Waals surface area contributed by atoms with Crippen LogP contribution in [0.2, 0.25) is 0 Å². The number of Topliss-reactive ketones (excluding diaryl/α,β-unsaturated/α-hetero) is 1. The number of carbonyl (C=O) groups is 1. The normalized spacial score (nSPS) is 42.4. The van der Waals surface area contributed by atoms with Crippen LogP contribution in [0.3, 0.4) is 0 Å². The van der Waals surface area contributed by atoms with Crippen molar-refractivity contribution in [3.63, 3.8) is 0 Å². The second-order valence-corrected chi connectivity index (χ2v) is 10.6. The van der Waals surface area contributed by atoms with E-state index in [2.05, 4.69) is 31.2 Å². The highest BCUT2D eigenvalue weighted by atomic mass is 16.5. The third-order valence-corrected chi connectivity index (χ3v) is 9.68. The van der Waals surface area contributed by atoms with E-state index in [1.807, 2.05) is 0 Å². The molecule has 152 valence electrons. The number of ether oxygens (including phenoxy) is 1. The van der Waals surface area contributed by atoms with Gasteiger partial charge in [-0.3, -0.25) is 4.79 Å². The van der Waals surface area contributed by atoms with Crippen molar-refractivity contribution in [2.45, 2.75) is 77.6 Å². The van der Waals surface area contributed by atoms with E-state index in [9.17, 15) is 4.79 Å². The van der Waals surface area contributed by atoms with Crippen molar-refractivity contribution in [2.75, 3.05) is 7.11 Å². The Hall–Kier alpha value is -1.31. The number of rotatable bonds is 3. The van der Waals surface area contributed by atoms with E-state index < -0.39 is 0 Å². The van der Waals surface area contributed by atoms with Gasteiger partial charge in [0.05, 0.1) is 7.11 Å². The van der Waals surface area contributed by atoms with Crippen LogP contribution in [0.1, 0.15) is 76.7 Å².